The summed E-state index contributed by atoms with van der Waals surface area (Å²) in [5.41, 5.74) is 7.90. The predicted molar refractivity (Wildman–Crippen MR) is 58.2 cm³/mol. The highest BCUT2D eigenvalue weighted by atomic mass is 16.1. The van der Waals surface area contributed by atoms with Crippen molar-refractivity contribution in [3.63, 3.8) is 0 Å². The van der Waals surface area contributed by atoms with Crippen molar-refractivity contribution in [3.05, 3.63) is 29.3 Å². The van der Waals surface area contributed by atoms with Crippen molar-refractivity contribution in [3.8, 4) is 0 Å². The van der Waals surface area contributed by atoms with Gasteiger partial charge in [0, 0.05) is 12.2 Å². The molecule has 3 nitrogen and oxygen atoms in total. The number of hydrogen-bond acceptors (Lipinski definition) is 2. The van der Waals surface area contributed by atoms with Crippen LogP contribution in [0.15, 0.2) is 18.2 Å². The predicted octanol–water partition coefficient (Wildman–Crippen LogP) is 1.72. The lowest BCUT2D eigenvalue weighted by Gasteiger charge is -2.06. The molecule has 0 spiro atoms. The Hall–Kier alpha value is -1.51. The lowest BCUT2D eigenvalue weighted by atomic mass is 10.1. The second-order valence-electron chi connectivity index (χ2n) is 3.35. The van der Waals surface area contributed by atoms with Crippen LogP contribution in [0.4, 0.5) is 5.69 Å². The average molecular weight is 192 g/mol. The molecule has 0 fully saturated rings. The number of nitrogens with two attached hydrogens (primary N) is 1. The van der Waals surface area contributed by atoms with E-state index in [4.69, 9.17) is 5.73 Å². The van der Waals surface area contributed by atoms with Gasteiger partial charge < -0.3 is 11.1 Å². The fourth-order valence-electron chi connectivity index (χ4n) is 1.22. The number of carbonyl (C=O) groups is 1. The number of rotatable bonds is 3. The van der Waals surface area contributed by atoms with Crippen molar-refractivity contribution in [1.82, 2.24) is 5.32 Å². The minimum absolute atomic E-state index is 0.0932. The lowest BCUT2D eigenvalue weighted by Crippen LogP contribution is -2.24. The Morgan fingerprint density at radius 2 is 2.21 bits per heavy atom. The molecule has 0 unspecified atom stereocenters. The summed E-state index contributed by atoms with van der Waals surface area (Å²) >= 11 is 0. The Balaban J connectivity index is 2.80. The molecular formula is C11H16N2O. The van der Waals surface area contributed by atoms with Crippen LogP contribution in [0.1, 0.15) is 29.3 Å². The topological polar surface area (TPSA) is 55.1 Å². The molecule has 0 aromatic heterocycles. The van der Waals surface area contributed by atoms with Gasteiger partial charge in [-0.1, -0.05) is 13.0 Å². The van der Waals surface area contributed by atoms with E-state index in [1.807, 2.05) is 19.9 Å². The van der Waals surface area contributed by atoms with E-state index in [1.54, 1.807) is 12.1 Å². The van der Waals surface area contributed by atoms with E-state index in [9.17, 15) is 4.79 Å². The third-order valence-corrected chi connectivity index (χ3v) is 1.99. The summed E-state index contributed by atoms with van der Waals surface area (Å²) in [6.45, 7) is 4.65. The molecule has 1 aromatic carbocycles. The summed E-state index contributed by atoms with van der Waals surface area (Å²) in [4.78, 5) is 11.5. The van der Waals surface area contributed by atoms with Gasteiger partial charge in [-0.15, -0.1) is 0 Å². The minimum atomic E-state index is -0.0932. The molecule has 1 rings (SSSR count). The number of anilines is 1. The maximum absolute atomic E-state index is 11.5. The number of benzene rings is 1. The summed E-state index contributed by atoms with van der Waals surface area (Å²) < 4.78 is 0. The highest BCUT2D eigenvalue weighted by Gasteiger charge is 2.07. The third-order valence-electron chi connectivity index (χ3n) is 1.99. The Morgan fingerprint density at radius 1 is 1.50 bits per heavy atom. The van der Waals surface area contributed by atoms with Crippen molar-refractivity contribution >= 4 is 11.6 Å². The molecule has 1 aromatic rings. The first kappa shape index (κ1) is 10.6. The summed E-state index contributed by atoms with van der Waals surface area (Å²) in [6.07, 6.45) is 0.928. The van der Waals surface area contributed by atoms with Crippen LogP contribution in [0.25, 0.3) is 0 Å². The van der Waals surface area contributed by atoms with Crippen molar-refractivity contribution in [1.29, 1.82) is 0 Å². The zero-order chi connectivity index (χ0) is 10.6. The molecule has 3 N–H and O–H groups in total. The van der Waals surface area contributed by atoms with Gasteiger partial charge in [0.25, 0.3) is 5.91 Å². The first-order valence-corrected chi connectivity index (χ1v) is 4.79. The van der Waals surface area contributed by atoms with Gasteiger partial charge in [-0.25, -0.2) is 0 Å². The lowest BCUT2D eigenvalue weighted by molar-refractivity contribution is 0.0954. The van der Waals surface area contributed by atoms with E-state index in [1.165, 1.54) is 0 Å². The number of hydrogen-bond donors (Lipinski definition) is 2. The highest BCUT2D eigenvalue weighted by molar-refractivity contribution is 5.99. The van der Waals surface area contributed by atoms with Crippen LogP contribution in [-0.2, 0) is 0 Å². The van der Waals surface area contributed by atoms with Gasteiger partial charge in [0.05, 0.1) is 5.56 Å². The van der Waals surface area contributed by atoms with Gasteiger partial charge in [-0.3, -0.25) is 4.79 Å². The van der Waals surface area contributed by atoms with Crippen molar-refractivity contribution in [2.75, 3.05) is 12.3 Å². The SMILES string of the molecule is CCCNC(=O)c1ccc(C)cc1N. The smallest absolute Gasteiger partial charge is 0.253 e. The van der Waals surface area contributed by atoms with E-state index in [2.05, 4.69) is 5.32 Å². The molecule has 0 radical (unpaired) electrons. The molecule has 0 aliphatic heterocycles. The van der Waals surface area contributed by atoms with Gasteiger partial charge in [-0.2, -0.15) is 0 Å². The number of nitrogen functional groups attached to an aromatic ring is 1. The van der Waals surface area contributed by atoms with Crippen LogP contribution in [0.3, 0.4) is 0 Å². The van der Waals surface area contributed by atoms with Crippen molar-refractivity contribution < 1.29 is 4.79 Å². The number of nitrogens with one attached hydrogen (secondary N) is 1. The standard InChI is InChI=1S/C11H16N2O/c1-3-6-13-11(14)9-5-4-8(2)7-10(9)12/h4-5,7H,3,6,12H2,1-2H3,(H,13,14). The molecule has 76 valence electrons. The number of carbonyl (C=O) groups excluding carboxylic acids is 1. The van der Waals surface area contributed by atoms with Gasteiger partial charge in [0.2, 0.25) is 0 Å². The van der Waals surface area contributed by atoms with E-state index >= 15 is 0 Å². The molecule has 3 heteroatoms. The Kier molecular flexibility index (Phi) is 3.51. The maximum Gasteiger partial charge on any atom is 0.253 e. The Morgan fingerprint density at radius 3 is 2.79 bits per heavy atom. The van der Waals surface area contributed by atoms with Gasteiger partial charge >= 0.3 is 0 Å². The first-order valence-electron chi connectivity index (χ1n) is 4.79. The first-order chi connectivity index (χ1) is 6.65. The van der Waals surface area contributed by atoms with Crippen LogP contribution in [-0.4, -0.2) is 12.5 Å². The van der Waals surface area contributed by atoms with E-state index in [-0.39, 0.29) is 5.91 Å². The normalized spacial score (nSPS) is 9.86. The molecule has 0 aliphatic rings. The number of aryl methyl sites for hydroxylation is 1. The second-order valence-corrected chi connectivity index (χ2v) is 3.35. The molecule has 0 saturated heterocycles. The maximum atomic E-state index is 11.5. The summed E-state index contributed by atoms with van der Waals surface area (Å²) in [5.74, 6) is -0.0932. The molecule has 0 bridgehead atoms. The Labute approximate surface area is 84.3 Å². The van der Waals surface area contributed by atoms with Crippen molar-refractivity contribution in [2.45, 2.75) is 20.3 Å². The molecular weight excluding hydrogens is 176 g/mol. The van der Waals surface area contributed by atoms with Crippen LogP contribution in [0.2, 0.25) is 0 Å². The summed E-state index contributed by atoms with van der Waals surface area (Å²) in [5, 5.41) is 2.79. The highest BCUT2D eigenvalue weighted by Crippen LogP contribution is 2.13. The van der Waals surface area contributed by atoms with Gasteiger partial charge in [0.1, 0.15) is 0 Å². The number of amides is 1. The quantitative estimate of drug-likeness (QED) is 0.716. The molecule has 0 aliphatic carbocycles. The zero-order valence-electron chi connectivity index (χ0n) is 8.63. The third kappa shape index (κ3) is 2.49. The average Bonchev–Trinajstić information content (AvgIpc) is 2.14. The second kappa shape index (κ2) is 4.65. The fourth-order valence-corrected chi connectivity index (χ4v) is 1.22. The molecule has 1 amide bonds. The molecule has 0 saturated carbocycles. The zero-order valence-corrected chi connectivity index (χ0v) is 8.63. The van der Waals surface area contributed by atoms with E-state index < -0.39 is 0 Å². The Bertz CT molecular complexity index is 334. The van der Waals surface area contributed by atoms with Crippen molar-refractivity contribution in [2.24, 2.45) is 0 Å². The van der Waals surface area contributed by atoms with Crippen LogP contribution < -0.4 is 11.1 Å². The summed E-state index contributed by atoms with van der Waals surface area (Å²) in [6, 6.07) is 5.45. The van der Waals surface area contributed by atoms with E-state index in [0.717, 1.165) is 12.0 Å². The van der Waals surface area contributed by atoms with E-state index in [0.29, 0.717) is 17.8 Å². The summed E-state index contributed by atoms with van der Waals surface area (Å²) in [7, 11) is 0. The van der Waals surface area contributed by atoms with Crippen LogP contribution in [0.5, 0.6) is 0 Å². The van der Waals surface area contributed by atoms with Gasteiger partial charge in [0.15, 0.2) is 0 Å². The molecule has 0 heterocycles. The monoisotopic (exact) mass is 192 g/mol. The minimum Gasteiger partial charge on any atom is -0.398 e. The van der Waals surface area contributed by atoms with Crippen LogP contribution >= 0.6 is 0 Å². The van der Waals surface area contributed by atoms with Gasteiger partial charge in [-0.05, 0) is 31.0 Å². The fraction of sp³-hybridized carbons (Fsp3) is 0.364. The largest absolute Gasteiger partial charge is 0.398 e. The van der Waals surface area contributed by atoms with Crippen LogP contribution in [0, 0.1) is 6.92 Å². The molecule has 14 heavy (non-hydrogen) atoms. The molecule has 0 atom stereocenters.